The van der Waals surface area contributed by atoms with Crippen molar-refractivity contribution >= 4 is 17.5 Å². The van der Waals surface area contributed by atoms with Gasteiger partial charge in [-0.25, -0.2) is 17.6 Å². The molecule has 2 aromatic carbocycles. The lowest BCUT2D eigenvalue weighted by atomic mass is 10.1. The Bertz CT molecular complexity index is 872. The molecule has 3 rings (SSSR count). The van der Waals surface area contributed by atoms with Crippen LogP contribution in [0.2, 0.25) is 0 Å². The third-order valence-corrected chi connectivity index (χ3v) is 4.20. The highest BCUT2D eigenvalue weighted by molar-refractivity contribution is 5.97. The highest BCUT2D eigenvalue weighted by Crippen LogP contribution is 2.25. The van der Waals surface area contributed by atoms with Crippen LogP contribution in [-0.2, 0) is 16.1 Å². The van der Waals surface area contributed by atoms with E-state index in [2.05, 4.69) is 5.32 Å². The minimum absolute atomic E-state index is 0.00875. The summed E-state index contributed by atoms with van der Waals surface area (Å²) in [7, 11) is 0. The second-order valence-corrected chi connectivity index (χ2v) is 5.98. The van der Waals surface area contributed by atoms with E-state index in [-0.39, 0.29) is 25.4 Å². The molecule has 1 aliphatic rings. The number of amides is 2. The lowest BCUT2D eigenvalue weighted by Gasteiger charge is -2.17. The van der Waals surface area contributed by atoms with E-state index in [0.717, 1.165) is 6.07 Å². The van der Waals surface area contributed by atoms with E-state index in [9.17, 15) is 27.2 Å². The average Bonchev–Trinajstić information content (AvgIpc) is 2.98. The van der Waals surface area contributed by atoms with Crippen LogP contribution in [0.1, 0.15) is 12.0 Å². The molecule has 0 radical (unpaired) electrons. The Balaban J connectivity index is 1.68. The normalized spacial score (nSPS) is 16.8. The monoisotopic (exact) mass is 366 g/mol. The molecule has 0 spiro atoms. The van der Waals surface area contributed by atoms with Crippen LogP contribution >= 0.6 is 0 Å². The van der Waals surface area contributed by atoms with Crippen molar-refractivity contribution < 1.29 is 27.2 Å². The van der Waals surface area contributed by atoms with E-state index in [1.807, 2.05) is 0 Å². The SMILES string of the molecule is O=C(Nc1ccc(F)c(F)c1F)C1CC(=O)N(Cc2ccccc2F)C1. The van der Waals surface area contributed by atoms with E-state index < -0.39 is 40.8 Å². The summed E-state index contributed by atoms with van der Waals surface area (Å²) in [5.41, 5.74) is -0.192. The van der Waals surface area contributed by atoms with Gasteiger partial charge in [0.15, 0.2) is 17.5 Å². The molecule has 0 bridgehead atoms. The van der Waals surface area contributed by atoms with Gasteiger partial charge in [0, 0.05) is 25.1 Å². The van der Waals surface area contributed by atoms with Gasteiger partial charge in [0.2, 0.25) is 11.8 Å². The summed E-state index contributed by atoms with van der Waals surface area (Å²) >= 11 is 0. The number of nitrogens with zero attached hydrogens (tertiary/aromatic N) is 1. The maximum atomic E-state index is 13.7. The minimum Gasteiger partial charge on any atom is -0.337 e. The molecule has 1 saturated heterocycles. The molecule has 26 heavy (non-hydrogen) atoms. The molecular weight excluding hydrogens is 352 g/mol. The highest BCUT2D eigenvalue weighted by atomic mass is 19.2. The van der Waals surface area contributed by atoms with Gasteiger partial charge in [0.25, 0.3) is 0 Å². The van der Waals surface area contributed by atoms with Crippen molar-refractivity contribution in [2.75, 3.05) is 11.9 Å². The molecule has 0 saturated carbocycles. The first kappa shape index (κ1) is 17.9. The molecule has 1 heterocycles. The molecule has 4 nitrogen and oxygen atoms in total. The summed E-state index contributed by atoms with van der Waals surface area (Å²) < 4.78 is 53.5. The third kappa shape index (κ3) is 3.54. The summed E-state index contributed by atoms with van der Waals surface area (Å²) in [6.07, 6.45) is -0.133. The number of carbonyl (C=O) groups is 2. The molecule has 1 aliphatic heterocycles. The van der Waals surface area contributed by atoms with Crippen LogP contribution in [0.25, 0.3) is 0 Å². The zero-order valence-electron chi connectivity index (χ0n) is 13.4. The van der Waals surface area contributed by atoms with Gasteiger partial charge in [0.1, 0.15) is 5.82 Å². The molecular formula is C18H14F4N2O2. The van der Waals surface area contributed by atoms with Gasteiger partial charge < -0.3 is 10.2 Å². The van der Waals surface area contributed by atoms with E-state index in [1.54, 1.807) is 6.07 Å². The Labute approximate surface area is 146 Å². The molecule has 1 unspecified atom stereocenters. The fourth-order valence-corrected chi connectivity index (χ4v) is 2.79. The van der Waals surface area contributed by atoms with Gasteiger partial charge in [-0.2, -0.15) is 0 Å². The Hall–Kier alpha value is -2.90. The highest BCUT2D eigenvalue weighted by Gasteiger charge is 2.35. The first-order valence-electron chi connectivity index (χ1n) is 7.82. The summed E-state index contributed by atoms with van der Waals surface area (Å²) in [6, 6.07) is 7.56. The number of likely N-dealkylation sites (tertiary alicyclic amines) is 1. The van der Waals surface area contributed by atoms with E-state index in [0.29, 0.717) is 11.6 Å². The fraction of sp³-hybridized carbons (Fsp3) is 0.222. The van der Waals surface area contributed by atoms with Crippen molar-refractivity contribution in [3.05, 3.63) is 65.2 Å². The third-order valence-electron chi connectivity index (χ3n) is 4.20. The van der Waals surface area contributed by atoms with Crippen molar-refractivity contribution in [3.8, 4) is 0 Å². The number of halogens is 4. The van der Waals surface area contributed by atoms with E-state index in [4.69, 9.17) is 0 Å². The maximum Gasteiger partial charge on any atom is 0.229 e. The first-order chi connectivity index (χ1) is 12.4. The van der Waals surface area contributed by atoms with Gasteiger partial charge in [0.05, 0.1) is 11.6 Å². The Morgan fingerprint density at radius 2 is 1.77 bits per heavy atom. The zero-order chi connectivity index (χ0) is 18.8. The lowest BCUT2D eigenvalue weighted by Crippen LogP contribution is -2.28. The second-order valence-electron chi connectivity index (χ2n) is 5.98. The predicted molar refractivity (Wildman–Crippen MR) is 84.9 cm³/mol. The molecule has 0 aromatic heterocycles. The van der Waals surface area contributed by atoms with Crippen LogP contribution in [0.15, 0.2) is 36.4 Å². The first-order valence-corrected chi connectivity index (χ1v) is 7.82. The van der Waals surface area contributed by atoms with Gasteiger partial charge in [-0.3, -0.25) is 9.59 Å². The van der Waals surface area contributed by atoms with Crippen LogP contribution in [0.4, 0.5) is 23.2 Å². The molecule has 136 valence electrons. The molecule has 1 atom stereocenters. The number of rotatable bonds is 4. The molecule has 2 amide bonds. The number of carbonyl (C=O) groups excluding carboxylic acids is 2. The molecule has 0 aliphatic carbocycles. The Morgan fingerprint density at radius 1 is 1.04 bits per heavy atom. The number of hydrogen-bond acceptors (Lipinski definition) is 2. The van der Waals surface area contributed by atoms with Gasteiger partial charge in [-0.15, -0.1) is 0 Å². The molecule has 2 aromatic rings. The summed E-state index contributed by atoms with van der Waals surface area (Å²) in [4.78, 5) is 25.6. The number of benzene rings is 2. The van der Waals surface area contributed by atoms with Crippen LogP contribution in [0, 0.1) is 29.2 Å². The lowest BCUT2D eigenvalue weighted by molar-refractivity contribution is -0.128. The van der Waals surface area contributed by atoms with Crippen molar-refractivity contribution in [1.82, 2.24) is 4.90 Å². The van der Waals surface area contributed by atoms with Crippen LogP contribution in [0.5, 0.6) is 0 Å². The fourth-order valence-electron chi connectivity index (χ4n) is 2.79. The van der Waals surface area contributed by atoms with Gasteiger partial charge in [-0.1, -0.05) is 18.2 Å². The van der Waals surface area contributed by atoms with Crippen molar-refractivity contribution in [3.63, 3.8) is 0 Å². The largest absolute Gasteiger partial charge is 0.337 e. The zero-order valence-corrected chi connectivity index (χ0v) is 13.4. The molecule has 1 N–H and O–H groups in total. The van der Waals surface area contributed by atoms with E-state index in [1.165, 1.54) is 23.1 Å². The Morgan fingerprint density at radius 3 is 2.50 bits per heavy atom. The van der Waals surface area contributed by atoms with Crippen molar-refractivity contribution in [2.24, 2.45) is 5.92 Å². The maximum absolute atomic E-state index is 13.7. The number of nitrogens with one attached hydrogen (secondary N) is 1. The number of anilines is 1. The minimum atomic E-state index is -1.69. The average molecular weight is 366 g/mol. The van der Waals surface area contributed by atoms with Crippen LogP contribution in [-0.4, -0.2) is 23.3 Å². The quantitative estimate of drug-likeness (QED) is 0.667. The Kier molecular flexibility index (Phi) is 4.92. The number of hydrogen-bond donors (Lipinski definition) is 1. The summed E-state index contributed by atoms with van der Waals surface area (Å²) in [6.45, 7) is 0.0269. The van der Waals surface area contributed by atoms with Crippen LogP contribution in [0.3, 0.4) is 0 Å². The molecule has 8 heteroatoms. The smallest absolute Gasteiger partial charge is 0.229 e. The van der Waals surface area contributed by atoms with E-state index >= 15 is 0 Å². The van der Waals surface area contributed by atoms with Crippen LogP contribution < -0.4 is 5.32 Å². The summed E-state index contributed by atoms with van der Waals surface area (Å²) in [5, 5.41) is 2.16. The predicted octanol–water partition coefficient (Wildman–Crippen LogP) is 3.23. The standard InChI is InChI=1S/C18H14F4N2O2/c19-12-4-2-1-3-10(12)8-24-9-11(7-15(24)25)18(26)23-14-6-5-13(20)16(21)17(14)22/h1-6,11H,7-9H2,(H,23,26). The van der Waals surface area contributed by atoms with Crippen molar-refractivity contribution in [1.29, 1.82) is 0 Å². The molecule has 1 fully saturated rings. The summed E-state index contributed by atoms with van der Waals surface area (Å²) in [5.74, 6) is -6.87. The van der Waals surface area contributed by atoms with Gasteiger partial charge in [-0.05, 0) is 18.2 Å². The van der Waals surface area contributed by atoms with Crippen molar-refractivity contribution in [2.45, 2.75) is 13.0 Å². The second kappa shape index (κ2) is 7.15. The topological polar surface area (TPSA) is 49.4 Å². The van der Waals surface area contributed by atoms with Gasteiger partial charge >= 0.3 is 0 Å².